The van der Waals surface area contributed by atoms with Gasteiger partial charge in [-0.1, -0.05) is 70.0 Å². The second kappa shape index (κ2) is 8.19. The Hall–Kier alpha value is -1.04. The zero-order valence-corrected chi connectivity index (χ0v) is 13.0. The van der Waals surface area contributed by atoms with Gasteiger partial charge in [0.1, 0.15) is 0 Å². The molecule has 0 heterocycles. The van der Waals surface area contributed by atoms with Gasteiger partial charge in [0.05, 0.1) is 0 Å². The highest BCUT2D eigenvalue weighted by atomic mass is 14.4. The molecule has 1 aliphatic carbocycles. The third kappa shape index (κ3) is 4.53. The first kappa shape index (κ1) is 16.0. The summed E-state index contributed by atoms with van der Waals surface area (Å²) in [7, 11) is 0. The van der Waals surface area contributed by atoms with E-state index >= 15 is 0 Å². The second-order valence-corrected chi connectivity index (χ2v) is 5.87. The lowest BCUT2D eigenvalue weighted by molar-refractivity contribution is 0.355. The highest BCUT2D eigenvalue weighted by Gasteiger charge is 2.36. The van der Waals surface area contributed by atoms with Crippen molar-refractivity contribution >= 4 is 0 Å². The fourth-order valence-corrected chi connectivity index (χ4v) is 3.18. The summed E-state index contributed by atoms with van der Waals surface area (Å²) in [6.07, 6.45) is 10.0. The number of allylic oxidation sites excluding steroid dienone is 1. The smallest absolute Gasteiger partial charge is 0.0115 e. The summed E-state index contributed by atoms with van der Waals surface area (Å²) in [6.45, 7) is 10.6. The Balaban J connectivity index is 0.000000550. The van der Waals surface area contributed by atoms with Crippen LogP contribution >= 0.6 is 0 Å². The van der Waals surface area contributed by atoms with Crippen LogP contribution in [0.15, 0.2) is 43.0 Å². The molecule has 0 N–H and O–H groups in total. The van der Waals surface area contributed by atoms with E-state index in [0.29, 0.717) is 5.41 Å². The van der Waals surface area contributed by atoms with Crippen LogP contribution in [0.4, 0.5) is 0 Å². The molecule has 0 amide bonds. The van der Waals surface area contributed by atoms with Gasteiger partial charge in [-0.3, -0.25) is 0 Å². The molecule has 1 fully saturated rings. The Morgan fingerprint density at radius 3 is 2.37 bits per heavy atom. The largest absolute Gasteiger partial charge is 0.103 e. The molecule has 19 heavy (non-hydrogen) atoms. The molecule has 0 saturated heterocycles. The standard InChI is InChI=1S/C16H22.C3H8/c1-3-11-16(4-2)12-10-15(13-16)14-8-6-5-7-9-14;1-3-2/h4-9,15H,2-3,10-13H2,1H3;3H2,1-2H3. The van der Waals surface area contributed by atoms with Crippen molar-refractivity contribution in [2.24, 2.45) is 5.41 Å². The van der Waals surface area contributed by atoms with Crippen molar-refractivity contribution in [3.05, 3.63) is 48.6 Å². The highest BCUT2D eigenvalue weighted by molar-refractivity contribution is 5.22. The normalized spacial score (nSPS) is 25.5. The minimum absolute atomic E-state index is 0.426. The topological polar surface area (TPSA) is 0 Å². The molecule has 0 heteroatoms. The van der Waals surface area contributed by atoms with Crippen LogP contribution in [0.3, 0.4) is 0 Å². The second-order valence-electron chi connectivity index (χ2n) is 5.87. The molecule has 2 atom stereocenters. The number of hydrogen-bond acceptors (Lipinski definition) is 0. The zero-order chi connectivity index (χ0) is 14.1. The molecule has 1 aliphatic rings. The van der Waals surface area contributed by atoms with Crippen LogP contribution in [-0.4, -0.2) is 0 Å². The summed E-state index contributed by atoms with van der Waals surface area (Å²) in [5.74, 6) is 0.755. The van der Waals surface area contributed by atoms with Gasteiger partial charge in [-0.15, -0.1) is 6.58 Å². The van der Waals surface area contributed by atoms with Crippen molar-refractivity contribution in [1.29, 1.82) is 0 Å². The minimum atomic E-state index is 0.426. The van der Waals surface area contributed by atoms with Crippen molar-refractivity contribution in [1.82, 2.24) is 0 Å². The molecule has 0 nitrogen and oxygen atoms in total. The molecule has 0 bridgehead atoms. The molecule has 0 aliphatic heterocycles. The van der Waals surface area contributed by atoms with E-state index in [2.05, 4.69) is 63.8 Å². The molecular weight excluding hydrogens is 228 g/mol. The third-order valence-corrected chi connectivity index (χ3v) is 4.10. The van der Waals surface area contributed by atoms with E-state index in [1.807, 2.05) is 0 Å². The predicted molar refractivity (Wildman–Crippen MR) is 86.5 cm³/mol. The third-order valence-electron chi connectivity index (χ3n) is 4.10. The van der Waals surface area contributed by atoms with Gasteiger partial charge in [0, 0.05) is 0 Å². The summed E-state index contributed by atoms with van der Waals surface area (Å²) in [6, 6.07) is 11.0. The minimum Gasteiger partial charge on any atom is -0.103 e. The van der Waals surface area contributed by atoms with Gasteiger partial charge in [0.25, 0.3) is 0 Å². The van der Waals surface area contributed by atoms with Gasteiger partial charge in [-0.2, -0.15) is 0 Å². The Labute approximate surface area is 119 Å². The van der Waals surface area contributed by atoms with Crippen molar-refractivity contribution in [2.75, 3.05) is 0 Å². The molecule has 0 spiro atoms. The van der Waals surface area contributed by atoms with Crippen molar-refractivity contribution in [2.45, 2.75) is 65.2 Å². The Bertz CT molecular complexity index is 352. The summed E-state index contributed by atoms with van der Waals surface area (Å²) >= 11 is 0. The summed E-state index contributed by atoms with van der Waals surface area (Å²) < 4.78 is 0. The van der Waals surface area contributed by atoms with Crippen LogP contribution in [0, 0.1) is 5.41 Å². The SMILES string of the molecule is C=CC1(CCC)CCC(c2ccccc2)C1.CCC. The van der Waals surface area contributed by atoms with E-state index in [1.165, 1.54) is 44.1 Å². The molecular formula is C19H30. The Morgan fingerprint density at radius 1 is 1.21 bits per heavy atom. The first-order valence-electron chi connectivity index (χ1n) is 7.89. The van der Waals surface area contributed by atoms with Gasteiger partial charge in [-0.05, 0) is 42.6 Å². The van der Waals surface area contributed by atoms with Crippen LogP contribution in [0.5, 0.6) is 0 Å². The van der Waals surface area contributed by atoms with E-state index in [0.717, 1.165) is 5.92 Å². The monoisotopic (exact) mass is 258 g/mol. The first-order valence-corrected chi connectivity index (χ1v) is 7.89. The summed E-state index contributed by atoms with van der Waals surface area (Å²) in [4.78, 5) is 0. The Morgan fingerprint density at radius 2 is 1.84 bits per heavy atom. The fraction of sp³-hybridized carbons (Fsp3) is 0.579. The highest BCUT2D eigenvalue weighted by Crippen LogP contribution is 2.49. The average molecular weight is 258 g/mol. The summed E-state index contributed by atoms with van der Waals surface area (Å²) in [5.41, 5.74) is 1.94. The maximum Gasteiger partial charge on any atom is -0.0115 e. The molecule has 0 radical (unpaired) electrons. The van der Waals surface area contributed by atoms with Crippen LogP contribution in [-0.2, 0) is 0 Å². The van der Waals surface area contributed by atoms with Gasteiger partial charge in [0.15, 0.2) is 0 Å². The number of benzene rings is 1. The molecule has 2 unspecified atom stereocenters. The van der Waals surface area contributed by atoms with E-state index in [9.17, 15) is 0 Å². The van der Waals surface area contributed by atoms with Crippen molar-refractivity contribution < 1.29 is 0 Å². The first-order chi connectivity index (χ1) is 9.21. The van der Waals surface area contributed by atoms with Gasteiger partial charge in [0.2, 0.25) is 0 Å². The molecule has 106 valence electrons. The van der Waals surface area contributed by atoms with E-state index in [1.54, 1.807) is 0 Å². The lowest BCUT2D eigenvalue weighted by atomic mass is 9.80. The van der Waals surface area contributed by atoms with E-state index in [4.69, 9.17) is 0 Å². The maximum atomic E-state index is 4.06. The molecule has 1 saturated carbocycles. The van der Waals surface area contributed by atoms with Gasteiger partial charge in [-0.25, -0.2) is 0 Å². The van der Waals surface area contributed by atoms with Gasteiger partial charge < -0.3 is 0 Å². The molecule has 0 aromatic heterocycles. The molecule has 1 aromatic carbocycles. The van der Waals surface area contributed by atoms with Crippen LogP contribution in [0.2, 0.25) is 0 Å². The van der Waals surface area contributed by atoms with Crippen LogP contribution in [0.25, 0.3) is 0 Å². The fourth-order valence-electron chi connectivity index (χ4n) is 3.18. The van der Waals surface area contributed by atoms with Gasteiger partial charge >= 0.3 is 0 Å². The predicted octanol–water partition coefficient (Wildman–Crippen LogP) is 6.34. The van der Waals surface area contributed by atoms with Crippen molar-refractivity contribution in [3.63, 3.8) is 0 Å². The van der Waals surface area contributed by atoms with Crippen molar-refractivity contribution in [3.8, 4) is 0 Å². The lowest BCUT2D eigenvalue weighted by Crippen LogP contribution is -2.12. The van der Waals surface area contributed by atoms with Crippen LogP contribution in [0.1, 0.15) is 70.8 Å². The van der Waals surface area contributed by atoms with Crippen LogP contribution < -0.4 is 0 Å². The summed E-state index contributed by atoms with van der Waals surface area (Å²) in [5, 5.41) is 0. The molecule has 2 rings (SSSR count). The zero-order valence-electron chi connectivity index (χ0n) is 13.0. The average Bonchev–Trinajstić information content (AvgIpc) is 2.86. The lowest BCUT2D eigenvalue weighted by Gasteiger charge is -2.24. The number of rotatable bonds is 4. The van der Waals surface area contributed by atoms with E-state index < -0.39 is 0 Å². The van der Waals surface area contributed by atoms with E-state index in [-0.39, 0.29) is 0 Å². The quantitative estimate of drug-likeness (QED) is 0.552. The Kier molecular flexibility index (Phi) is 6.91. The maximum absolute atomic E-state index is 4.06. The molecule has 1 aromatic rings. The number of hydrogen-bond donors (Lipinski definition) is 0.